The van der Waals surface area contributed by atoms with Crippen LogP contribution in [0.5, 0.6) is 0 Å². The second kappa shape index (κ2) is 8.17. The van der Waals surface area contributed by atoms with Crippen LogP contribution in [0, 0.1) is 6.92 Å². The standard InChI is InChI=1S/C23H20N2O/c1-17-13-15-19(16-14-17)18(2)24-25-22(20-9-5-3-6-10-20)23(26)21-11-7-4-8-12-21/h3-16H,1-2H3/b24-18-,25-22-. The van der Waals surface area contributed by atoms with E-state index < -0.39 is 0 Å². The van der Waals surface area contributed by atoms with Crippen LogP contribution >= 0.6 is 0 Å². The molecule has 0 aliphatic heterocycles. The molecule has 0 amide bonds. The predicted molar refractivity (Wildman–Crippen MR) is 107 cm³/mol. The van der Waals surface area contributed by atoms with Crippen LogP contribution in [-0.4, -0.2) is 17.2 Å². The van der Waals surface area contributed by atoms with E-state index in [0.717, 1.165) is 16.8 Å². The van der Waals surface area contributed by atoms with Gasteiger partial charge in [0, 0.05) is 11.1 Å². The highest BCUT2D eigenvalue weighted by Crippen LogP contribution is 2.11. The van der Waals surface area contributed by atoms with E-state index in [2.05, 4.69) is 10.2 Å². The van der Waals surface area contributed by atoms with E-state index in [0.29, 0.717) is 11.3 Å². The molecule has 0 aromatic heterocycles. The third-order valence-corrected chi connectivity index (χ3v) is 4.07. The number of ketones is 1. The molecule has 3 aromatic rings. The maximum Gasteiger partial charge on any atom is 0.213 e. The molecule has 0 spiro atoms. The average molecular weight is 340 g/mol. The quantitative estimate of drug-likeness (QED) is 0.362. The molecular formula is C23H20N2O. The van der Waals surface area contributed by atoms with Crippen molar-refractivity contribution in [3.8, 4) is 0 Å². The highest BCUT2D eigenvalue weighted by molar-refractivity contribution is 6.51. The van der Waals surface area contributed by atoms with Crippen molar-refractivity contribution in [2.45, 2.75) is 13.8 Å². The smallest absolute Gasteiger partial charge is 0.213 e. The summed E-state index contributed by atoms with van der Waals surface area (Å²) >= 11 is 0. The molecular weight excluding hydrogens is 320 g/mol. The van der Waals surface area contributed by atoms with Gasteiger partial charge in [0.2, 0.25) is 5.78 Å². The second-order valence-corrected chi connectivity index (χ2v) is 6.06. The summed E-state index contributed by atoms with van der Waals surface area (Å²) in [6, 6.07) is 26.7. The number of nitrogens with zero attached hydrogens (tertiary/aromatic N) is 2. The van der Waals surface area contributed by atoms with Gasteiger partial charge in [0.25, 0.3) is 0 Å². The van der Waals surface area contributed by atoms with Crippen molar-refractivity contribution in [3.05, 3.63) is 107 Å². The van der Waals surface area contributed by atoms with Gasteiger partial charge in [-0.25, -0.2) is 0 Å². The van der Waals surface area contributed by atoms with E-state index in [1.54, 1.807) is 12.1 Å². The number of aryl methyl sites for hydroxylation is 1. The van der Waals surface area contributed by atoms with Crippen LogP contribution in [0.2, 0.25) is 0 Å². The number of benzene rings is 3. The van der Waals surface area contributed by atoms with Gasteiger partial charge in [-0.05, 0) is 19.4 Å². The van der Waals surface area contributed by atoms with Crippen LogP contribution in [0.15, 0.2) is 95.1 Å². The first kappa shape index (κ1) is 17.5. The third-order valence-electron chi connectivity index (χ3n) is 4.07. The Morgan fingerprint density at radius 2 is 1.19 bits per heavy atom. The predicted octanol–water partition coefficient (Wildman–Crippen LogP) is 5.09. The summed E-state index contributed by atoms with van der Waals surface area (Å²) in [4.78, 5) is 12.9. The summed E-state index contributed by atoms with van der Waals surface area (Å²) in [5, 5.41) is 8.66. The zero-order valence-electron chi connectivity index (χ0n) is 14.9. The van der Waals surface area contributed by atoms with E-state index in [1.807, 2.05) is 86.6 Å². The largest absolute Gasteiger partial charge is 0.287 e. The summed E-state index contributed by atoms with van der Waals surface area (Å²) in [6.07, 6.45) is 0. The molecule has 128 valence electrons. The molecule has 3 aromatic carbocycles. The molecule has 26 heavy (non-hydrogen) atoms. The minimum Gasteiger partial charge on any atom is -0.287 e. The Balaban J connectivity index is 2.00. The summed E-state index contributed by atoms with van der Waals surface area (Å²) in [6.45, 7) is 3.93. The molecule has 0 fully saturated rings. The Labute approximate surface area is 153 Å². The Bertz CT molecular complexity index is 941. The van der Waals surface area contributed by atoms with Gasteiger partial charge in [0.15, 0.2) is 0 Å². The molecule has 0 atom stereocenters. The summed E-state index contributed by atoms with van der Waals surface area (Å²) < 4.78 is 0. The van der Waals surface area contributed by atoms with Crippen molar-refractivity contribution in [2.24, 2.45) is 10.2 Å². The molecule has 0 unspecified atom stereocenters. The van der Waals surface area contributed by atoms with Gasteiger partial charge in [-0.15, -0.1) is 5.10 Å². The van der Waals surface area contributed by atoms with Gasteiger partial charge in [0.1, 0.15) is 5.71 Å². The average Bonchev–Trinajstić information content (AvgIpc) is 2.70. The number of Topliss-reactive ketones (excluding diaryl/α,β-unsaturated/α-hetero) is 1. The Morgan fingerprint density at radius 1 is 0.654 bits per heavy atom. The molecule has 0 aliphatic carbocycles. The van der Waals surface area contributed by atoms with Crippen molar-refractivity contribution >= 4 is 17.2 Å². The topological polar surface area (TPSA) is 41.8 Å². The molecule has 3 nitrogen and oxygen atoms in total. The van der Waals surface area contributed by atoms with Crippen molar-refractivity contribution in [3.63, 3.8) is 0 Å². The van der Waals surface area contributed by atoms with Crippen molar-refractivity contribution in [1.82, 2.24) is 0 Å². The van der Waals surface area contributed by atoms with E-state index in [-0.39, 0.29) is 5.78 Å². The molecule has 0 saturated heterocycles. The summed E-state index contributed by atoms with van der Waals surface area (Å²) in [7, 11) is 0. The monoisotopic (exact) mass is 340 g/mol. The number of carbonyl (C=O) groups is 1. The number of hydrogen-bond acceptors (Lipinski definition) is 3. The first-order valence-electron chi connectivity index (χ1n) is 8.49. The Morgan fingerprint density at radius 3 is 1.77 bits per heavy atom. The SMILES string of the molecule is C/C(=N/N=C(\C(=O)c1ccccc1)c1ccccc1)c1ccc(C)cc1. The van der Waals surface area contributed by atoms with E-state index >= 15 is 0 Å². The fourth-order valence-corrected chi connectivity index (χ4v) is 2.53. The molecule has 0 radical (unpaired) electrons. The van der Waals surface area contributed by atoms with E-state index in [1.165, 1.54) is 5.56 Å². The van der Waals surface area contributed by atoms with Gasteiger partial charge < -0.3 is 0 Å². The highest BCUT2D eigenvalue weighted by atomic mass is 16.1. The number of rotatable bonds is 5. The Hall–Kier alpha value is -3.33. The number of carbonyl (C=O) groups excluding carboxylic acids is 1. The van der Waals surface area contributed by atoms with Crippen molar-refractivity contribution < 1.29 is 4.79 Å². The van der Waals surface area contributed by atoms with Crippen molar-refractivity contribution in [1.29, 1.82) is 0 Å². The lowest BCUT2D eigenvalue weighted by molar-refractivity contribution is 0.106. The van der Waals surface area contributed by atoms with Crippen LogP contribution in [0.1, 0.15) is 34.0 Å². The molecule has 0 bridgehead atoms. The first-order valence-corrected chi connectivity index (χ1v) is 8.49. The normalized spacial score (nSPS) is 12.1. The fraction of sp³-hybridized carbons (Fsp3) is 0.0870. The van der Waals surface area contributed by atoms with Gasteiger partial charge in [0.05, 0.1) is 5.71 Å². The number of hydrogen-bond donors (Lipinski definition) is 0. The van der Waals surface area contributed by atoms with Gasteiger partial charge >= 0.3 is 0 Å². The van der Waals surface area contributed by atoms with Crippen LogP contribution in [0.4, 0.5) is 0 Å². The second-order valence-electron chi connectivity index (χ2n) is 6.06. The van der Waals surface area contributed by atoms with Crippen LogP contribution in [0.3, 0.4) is 0 Å². The maximum absolute atomic E-state index is 12.9. The fourth-order valence-electron chi connectivity index (χ4n) is 2.53. The molecule has 0 N–H and O–H groups in total. The molecule has 0 heterocycles. The first-order chi connectivity index (χ1) is 12.6. The van der Waals surface area contributed by atoms with E-state index in [4.69, 9.17) is 0 Å². The Kier molecular flexibility index (Phi) is 5.49. The molecule has 0 aliphatic rings. The lowest BCUT2D eigenvalue weighted by atomic mass is 10.0. The lowest BCUT2D eigenvalue weighted by Crippen LogP contribution is -2.15. The maximum atomic E-state index is 12.9. The molecule has 3 rings (SSSR count). The molecule has 3 heteroatoms. The lowest BCUT2D eigenvalue weighted by Gasteiger charge is -2.05. The van der Waals surface area contributed by atoms with Crippen LogP contribution in [0.25, 0.3) is 0 Å². The van der Waals surface area contributed by atoms with Crippen molar-refractivity contribution in [2.75, 3.05) is 0 Å². The van der Waals surface area contributed by atoms with Crippen LogP contribution in [-0.2, 0) is 0 Å². The van der Waals surface area contributed by atoms with Gasteiger partial charge in [-0.2, -0.15) is 5.10 Å². The third kappa shape index (κ3) is 4.19. The van der Waals surface area contributed by atoms with Gasteiger partial charge in [-0.1, -0.05) is 90.5 Å². The minimum atomic E-state index is -0.141. The highest BCUT2D eigenvalue weighted by Gasteiger charge is 2.16. The summed E-state index contributed by atoms with van der Waals surface area (Å²) in [5.41, 5.74) is 4.62. The van der Waals surface area contributed by atoms with Crippen LogP contribution < -0.4 is 0 Å². The van der Waals surface area contributed by atoms with E-state index in [9.17, 15) is 4.79 Å². The zero-order valence-corrected chi connectivity index (χ0v) is 14.9. The molecule has 0 saturated carbocycles. The summed E-state index contributed by atoms with van der Waals surface area (Å²) in [5.74, 6) is -0.141. The van der Waals surface area contributed by atoms with Gasteiger partial charge in [-0.3, -0.25) is 4.79 Å². The zero-order chi connectivity index (χ0) is 18.4. The minimum absolute atomic E-state index is 0.141.